The molecule has 26 heavy (non-hydrogen) atoms. The van der Waals surface area contributed by atoms with Gasteiger partial charge >= 0.3 is 6.18 Å². The third-order valence-corrected chi connectivity index (χ3v) is 4.66. The zero-order valence-electron chi connectivity index (χ0n) is 12.8. The molecule has 0 amide bonds. The number of hydrogen-bond acceptors (Lipinski definition) is 5. The number of fused-ring (bicyclic) bond motifs is 1. The van der Waals surface area contributed by atoms with E-state index in [9.17, 15) is 30.8 Å². The van der Waals surface area contributed by atoms with E-state index >= 15 is 0 Å². The van der Waals surface area contributed by atoms with Gasteiger partial charge in [0.05, 0.1) is 0 Å². The molecule has 2 N–H and O–H groups in total. The molecule has 0 atom stereocenters. The highest BCUT2D eigenvalue weighted by Crippen LogP contribution is 2.36. The van der Waals surface area contributed by atoms with Crippen LogP contribution in [0.15, 0.2) is 29.2 Å². The van der Waals surface area contributed by atoms with Gasteiger partial charge in [-0.1, -0.05) is 0 Å². The molecule has 1 aromatic heterocycles. The first-order valence-corrected chi connectivity index (χ1v) is 8.66. The zero-order valence-corrected chi connectivity index (χ0v) is 13.6. The van der Waals surface area contributed by atoms with Crippen molar-refractivity contribution in [2.45, 2.75) is 23.9 Å². The Hall–Kier alpha value is -2.53. The van der Waals surface area contributed by atoms with Crippen molar-refractivity contribution in [3.63, 3.8) is 0 Å². The fourth-order valence-corrected chi connectivity index (χ4v) is 3.13. The minimum atomic E-state index is -4.88. The molecule has 1 heterocycles. The normalized spacial score (nSPS) is 14.4. The number of nitrogens with two attached hydrogens (primary N) is 1. The van der Waals surface area contributed by atoms with Crippen molar-refractivity contribution in [2.75, 3.05) is 0 Å². The summed E-state index contributed by atoms with van der Waals surface area (Å²) in [5.74, 6) is -2.80. The van der Waals surface area contributed by atoms with Crippen LogP contribution in [0.25, 0.3) is 0 Å². The Balaban J connectivity index is 2.11. The van der Waals surface area contributed by atoms with Gasteiger partial charge in [-0.2, -0.15) is 13.2 Å². The quantitative estimate of drug-likeness (QED) is 0.813. The minimum Gasteiger partial charge on any atom is -0.435 e. The van der Waals surface area contributed by atoms with Crippen LogP contribution in [0, 0.1) is 5.82 Å². The SMILES string of the molecule is NS(=O)(=O)c1ccc(C(F)(F)F)nc1Oc1ccc2c(c1F)CCC2=O. The number of aromatic nitrogens is 1. The molecule has 138 valence electrons. The van der Waals surface area contributed by atoms with E-state index in [1.165, 1.54) is 6.07 Å². The average molecular weight is 390 g/mol. The second kappa shape index (κ2) is 6.02. The Bertz CT molecular complexity index is 1020. The molecule has 0 spiro atoms. The van der Waals surface area contributed by atoms with E-state index in [4.69, 9.17) is 9.88 Å². The van der Waals surface area contributed by atoms with Gasteiger partial charge in [0.25, 0.3) is 0 Å². The lowest BCUT2D eigenvalue weighted by Crippen LogP contribution is -2.16. The number of alkyl halides is 3. The van der Waals surface area contributed by atoms with Crippen molar-refractivity contribution in [3.8, 4) is 11.6 Å². The number of ether oxygens (including phenoxy) is 1. The van der Waals surface area contributed by atoms with Crippen molar-refractivity contribution in [1.29, 1.82) is 0 Å². The molecule has 0 unspecified atom stereocenters. The van der Waals surface area contributed by atoms with E-state index < -0.39 is 44.2 Å². The minimum absolute atomic E-state index is 0.0524. The molecule has 6 nitrogen and oxygen atoms in total. The molecule has 1 aromatic carbocycles. The maximum atomic E-state index is 14.5. The summed E-state index contributed by atoms with van der Waals surface area (Å²) < 4.78 is 81.1. The smallest absolute Gasteiger partial charge is 0.433 e. The van der Waals surface area contributed by atoms with Crippen LogP contribution in [0.1, 0.15) is 28.0 Å². The fraction of sp³-hybridized carbons (Fsp3) is 0.200. The highest BCUT2D eigenvalue weighted by atomic mass is 32.2. The number of halogens is 4. The Morgan fingerprint density at radius 2 is 1.81 bits per heavy atom. The summed E-state index contributed by atoms with van der Waals surface area (Å²) in [5, 5.41) is 4.95. The van der Waals surface area contributed by atoms with Gasteiger partial charge in [0.1, 0.15) is 10.6 Å². The largest absolute Gasteiger partial charge is 0.435 e. The summed E-state index contributed by atoms with van der Waals surface area (Å²) in [4.78, 5) is 13.9. The molecule has 2 aromatic rings. The third kappa shape index (κ3) is 3.27. The zero-order chi connectivity index (χ0) is 19.3. The van der Waals surface area contributed by atoms with Crippen LogP contribution in [0.3, 0.4) is 0 Å². The maximum Gasteiger partial charge on any atom is 0.433 e. The van der Waals surface area contributed by atoms with Gasteiger partial charge in [-0.25, -0.2) is 22.9 Å². The summed E-state index contributed by atoms with van der Waals surface area (Å²) >= 11 is 0. The number of benzene rings is 1. The van der Waals surface area contributed by atoms with Gasteiger partial charge in [-0.05, 0) is 30.7 Å². The Kier molecular flexibility index (Phi) is 4.23. The second-order valence-electron chi connectivity index (χ2n) is 5.47. The van der Waals surface area contributed by atoms with Crippen LogP contribution in [-0.4, -0.2) is 19.2 Å². The first-order chi connectivity index (χ1) is 12.0. The van der Waals surface area contributed by atoms with Gasteiger partial charge in [-0.3, -0.25) is 4.79 Å². The van der Waals surface area contributed by atoms with Gasteiger partial charge in [0.2, 0.25) is 15.9 Å². The Morgan fingerprint density at radius 1 is 1.12 bits per heavy atom. The van der Waals surface area contributed by atoms with E-state index in [0.29, 0.717) is 12.1 Å². The number of rotatable bonds is 3. The van der Waals surface area contributed by atoms with Crippen molar-refractivity contribution < 1.29 is 35.5 Å². The number of hydrogen-bond donors (Lipinski definition) is 1. The number of carbonyl (C=O) groups excluding carboxylic acids is 1. The van der Waals surface area contributed by atoms with Crippen molar-refractivity contribution >= 4 is 15.8 Å². The molecule has 0 bridgehead atoms. The average Bonchev–Trinajstić information content (AvgIpc) is 2.90. The fourth-order valence-electron chi connectivity index (χ4n) is 2.54. The van der Waals surface area contributed by atoms with E-state index in [1.54, 1.807) is 0 Å². The molecule has 1 aliphatic carbocycles. The lowest BCUT2D eigenvalue weighted by molar-refractivity contribution is -0.141. The first-order valence-electron chi connectivity index (χ1n) is 7.12. The van der Waals surface area contributed by atoms with Crippen molar-refractivity contribution in [2.24, 2.45) is 5.14 Å². The molecule has 0 saturated carbocycles. The number of pyridine rings is 1. The van der Waals surface area contributed by atoms with Gasteiger partial charge in [0.15, 0.2) is 17.3 Å². The molecular formula is C15H10F4N2O4S. The first kappa shape index (κ1) is 18.3. The third-order valence-electron chi connectivity index (χ3n) is 3.74. The molecule has 0 radical (unpaired) electrons. The summed E-state index contributed by atoms with van der Waals surface area (Å²) in [5.41, 5.74) is -1.23. The molecule has 11 heteroatoms. The highest BCUT2D eigenvalue weighted by Gasteiger charge is 2.35. The number of nitrogens with zero attached hydrogens (tertiary/aromatic N) is 1. The molecule has 0 fully saturated rings. The molecule has 0 saturated heterocycles. The number of sulfonamides is 1. The molecule has 1 aliphatic rings. The summed E-state index contributed by atoms with van der Waals surface area (Å²) in [7, 11) is -4.48. The van der Waals surface area contributed by atoms with Crippen molar-refractivity contribution in [1.82, 2.24) is 4.98 Å². The van der Waals surface area contributed by atoms with Crippen LogP contribution in [0.4, 0.5) is 17.6 Å². The van der Waals surface area contributed by atoms with E-state index in [2.05, 4.69) is 4.98 Å². The van der Waals surface area contributed by atoms with Crippen LogP contribution in [0.5, 0.6) is 11.6 Å². The van der Waals surface area contributed by atoms with Gasteiger partial charge in [0, 0.05) is 17.5 Å². The Morgan fingerprint density at radius 3 is 2.42 bits per heavy atom. The molecule has 3 rings (SSSR count). The number of Topliss-reactive ketones (excluding diaryl/α,β-unsaturated/α-hetero) is 1. The molecule has 0 aliphatic heterocycles. The second-order valence-corrected chi connectivity index (χ2v) is 7.00. The van der Waals surface area contributed by atoms with Crippen LogP contribution in [0.2, 0.25) is 0 Å². The van der Waals surface area contributed by atoms with Crippen molar-refractivity contribution in [3.05, 3.63) is 46.9 Å². The predicted molar refractivity (Wildman–Crippen MR) is 79.7 cm³/mol. The Labute approximate surface area is 144 Å². The van der Waals surface area contributed by atoms with Gasteiger partial charge in [-0.15, -0.1) is 0 Å². The maximum absolute atomic E-state index is 14.5. The summed E-state index contributed by atoms with van der Waals surface area (Å²) in [6.45, 7) is 0. The lowest BCUT2D eigenvalue weighted by atomic mass is 10.1. The standard InChI is InChI=1S/C15H10F4N2O4S/c16-13-8-1-3-9(22)7(8)2-4-10(13)25-14-11(26(20,23)24)5-6-12(21-14)15(17,18)19/h2,4-6H,1,3H2,(H2,20,23,24). The number of carbonyl (C=O) groups is 1. The number of primary sulfonamides is 1. The number of ketones is 1. The predicted octanol–water partition coefficient (Wildman–Crippen LogP) is 2.81. The van der Waals surface area contributed by atoms with Crippen LogP contribution < -0.4 is 9.88 Å². The highest BCUT2D eigenvalue weighted by molar-refractivity contribution is 7.89. The lowest BCUT2D eigenvalue weighted by Gasteiger charge is -2.13. The van der Waals surface area contributed by atoms with Crippen LogP contribution in [-0.2, 0) is 22.6 Å². The van der Waals surface area contributed by atoms with E-state index in [0.717, 1.165) is 6.07 Å². The summed E-state index contributed by atoms with van der Waals surface area (Å²) in [6.07, 6.45) is -4.67. The van der Waals surface area contributed by atoms with Crippen LogP contribution >= 0.6 is 0 Å². The summed E-state index contributed by atoms with van der Waals surface area (Å²) in [6, 6.07) is 3.28. The van der Waals surface area contributed by atoms with E-state index in [-0.39, 0.29) is 29.8 Å². The topological polar surface area (TPSA) is 99.4 Å². The van der Waals surface area contributed by atoms with Gasteiger partial charge < -0.3 is 4.74 Å². The monoisotopic (exact) mass is 390 g/mol. The molecular weight excluding hydrogens is 380 g/mol. The van der Waals surface area contributed by atoms with E-state index in [1.807, 2.05) is 0 Å².